The Morgan fingerprint density at radius 3 is 2.48 bits per heavy atom. The molecule has 29 heavy (non-hydrogen) atoms. The number of benzene rings is 1. The van der Waals surface area contributed by atoms with E-state index in [9.17, 15) is 4.79 Å². The zero-order valence-electron chi connectivity index (χ0n) is 17.3. The highest BCUT2D eigenvalue weighted by Crippen LogP contribution is 2.42. The summed E-state index contributed by atoms with van der Waals surface area (Å²) in [5.41, 5.74) is 5.75. The van der Waals surface area contributed by atoms with Crippen LogP contribution in [-0.4, -0.2) is 40.4 Å². The summed E-state index contributed by atoms with van der Waals surface area (Å²) in [7, 11) is 0. The number of rotatable bonds is 3. The number of piperidine rings is 1. The van der Waals surface area contributed by atoms with Crippen molar-refractivity contribution in [2.75, 3.05) is 24.5 Å². The quantitative estimate of drug-likeness (QED) is 0.805. The maximum Gasteiger partial charge on any atom is 0.229 e. The molecule has 0 N–H and O–H groups in total. The van der Waals surface area contributed by atoms with E-state index in [-0.39, 0.29) is 5.41 Å². The SMILES string of the molecule is Cc1cc(C)nc(N2CCC3(CCN(Cc4ccc5c(c4)C=CC5)C3=O)CC2)n1. The molecule has 5 rings (SSSR count). The van der Waals surface area contributed by atoms with Crippen LogP contribution in [0.3, 0.4) is 0 Å². The number of hydrogen-bond acceptors (Lipinski definition) is 4. The highest BCUT2D eigenvalue weighted by Gasteiger charge is 2.48. The summed E-state index contributed by atoms with van der Waals surface area (Å²) in [5.74, 6) is 1.15. The van der Waals surface area contributed by atoms with E-state index in [1.165, 1.54) is 16.7 Å². The lowest BCUT2D eigenvalue weighted by Gasteiger charge is -2.38. The highest BCUT2D eigenvalue weighted by molar-refractivity contribution is 5.85. The zero-order valence-corrected chi connectivity index (χ0v) is 17.3. The molecule has 1 aliphatic carbocycles. The maximum atomic E-state index is 13.3. The minimum absolute atomic E-state index is 0.188. The first-order chi connectivity index (χ1) is 14.0. The molecule has 1 amide bonds. The Labute approximate surface area is 172 Å². The van der Waals surface area contributed by atoms with Gasteiger partial charge < -0.3 is 9.80 Å². The molecule has 5 nitrogen and oxygen atoms in total. The van der Waals surface area contributed by atoms with E-state index in [0.29, 0.717) is 5.91 Å². The van der Waals surface area contributed by atoms with Crippen LogP contribution in [0.1, 0.15) is 47.3 Å². The second kappa shape index (κ2) is 6.97. The number of carbonyl (C=O) groups excluding carboxylic acids is 1. The Bertz CT molecular complexity index is 968. The fraction of sp³-hybridized carbons (Fsp3) is 0.458. The lowest BCUT2D eigenvalue weighted by molar-refractivity contribution is -0.137. The summed E-state index contributed by atoms with van der Waals surface area (Å²) >= 11 is 0. The van der Waals surface area contributed by atoms with Crippen LogP contribution in [0.5, 0.6) is 0 Å². The van der Waals surface area contributed by atoms with Gasteiger partial charge in [-0.25, -0.2) is 9.97 Å². The third-order valence-corrected chi connectivity index (χ3v) is 6.79. The first-order valence-corrected chi connectivity index (χ1v) is 10.7. The number of carbonyl (C=O) groups is 1. The summed E-state index contributed by atoms with van der Waals surface area (Å²) in [6, 6.07) is 8.65. The fourth-order valence-electron chi connectivity index (χ4n) is 5.11. The van der Waals surface area contributed by atoms with Gasteiger partial charge in [-0.05, 0) is 68.4 Å². The minimum atomic E-state index is -0.188. The monoisotopic (exact) mass is 388 g/mol. The number of likely N-dealkylation sites (tertiary alicyclic amines) is 1. The van der Waals surface area contributed by atoms with Crippen molar-refractivity contribution in [3.8, 4) is 0 Å². The van der Waals surface area contributed by atoms with Gasteiger partial charge in [0, 0.05) is 37.6 Å². The van der Waals surface area contributed by atoms with Gasteiger partial charge in [0.15, 0.2) is 0 Å². The average molecular weight is 389 g/mol. The van der Waals surface area contributed by atoms with Crippen LogP contribution < -0.4 is 4.90 Å². The van der Waals surface area contributed by atoms with Crippen molar-refractivity contribution in [1.82, 2.24) is 14.9 Å². The van der Waals surface area contributed by atoms with E-state index >= 15 is 0 Å². The summed E-state index contributed by atoms with van der Waals surface area (Å²) in [5, 5.41) is 0. The van der Waals surface area contributed by atoms with Crippen LogP contribution in [0.15, 0.2) is 30.3 Å². The van der Waals surface area contributed by atoms with Crippen molar-refractivity contribution in [2.45, 2.75) is 46.1 Å². The molecule has 0 saturated carbocycles. The largest absolute Gasteiger partial charge is 0.341 e. The van der Waals surface area contributed by atoms with Gasteiger partial charge in [0.05, 0.1) is 5.41 Å². The molecule has 0 bridgehead atoms. The normalized spacial score (nSPS) is 20.0. The van der Waals surface area contributed by atoms with Crippen molar-refractivity contribution in [1.29, 1.82) is 0 Å². The van der Waals surface area contributed by atoms with E-state index in [4.69, 9.17) is 0 Å². The second-order valence-electron chi connectivity index (χ2n) is 8.83. The van der Waals surface area contributed by atoms with Gasteiger partial charge >= 0.3 is 0 Å². The van der Waals surface area contributed by atoms with Crippen LogP contribution >= 0.6 is 0 Å². The Morgan fingerprint density at radius 1 is 1.00 bits per heavy atom. The molecule has 1 spiro atoms. The molecule has 0 radical (unpaired) electrons. The molecule has 2 fully saturated rings. The van der Waals surface area contributed by atoms with E-state index in [1.54, 1.807) is 0 Å². The molecular weight excluding hydrogens is 360 g/mol. The van der Waals surface area contributed by atoms with Gasteiger partial charge in [0.1, 0.15) is 0 Å². The molecule has 2 aliphatic heterocycles. The fourth-order valence-corrected chi connectivity index (χ4v) is 5.11. The molecule has 150 valence electrons. The van der Waals surface area contributed by atoms with Crippen LogP contribution in [0.25, 0.3) is 6.08 Å². The maximum absolute atomic E-state index is 13.3. The van der Waals surface area contributed by atoms with Gasteiger partial charge in [-0.1, -0.05) is 24.3 Å². The van der Waals surface area contributed by atoms with Crippen LogP contribution in [0, 0.1) is 19.3 Å². The molecular formula is C24H28N4O. The molecule has 0 atom stereocenters. The molecule has 2 aromatic rings. The molecule has 3 aliphatic rings. The topological polar surface area (TPSA) is 49.3 Å². The summed E-state index contributed by atoms with van der Waals surface area (Å²) in [4.78, 5) is 26.9. The van der Waals surface area contributed by atoms with Gasteiger partial charge in [0.25, 0.3) is 0 Å². The Balaban J connectivity index is 1.26. The first kappa shape index (κ1) is 18.3. The van der Waals surface area contributed by atoms with Gasteiger partial charge in [-0.2, -0.15) is 0 Å². The Hall–Kier alpha value is -2.69. The van der Waals surface area contributed by atoms with E-state index in [0.717, 1.165) is 69.2 Å². The predicted molar refractivity (Wildman–Crippen MR) is 115 cm³/mol. The Morgan fingerprint density at radius 2 is 1.72 bits per heavy atom. The van der Waals surface area contributed by atoms with E-state index in [2.05, 4.69) is 50.1 Å². The second-order valence-corrected chi connectivity index (χ2v) is 8.83. The van der Waals surface area contributed by atoms with Crippen molar-refractivity contribution >= 4 is 17.9 Å². The van der Waals surface area contributed by atoms with E-state index < -0.39 is 0 Å². The number of fused-ring (bicyclic) bond motifs is 1. The van der Waals surface area contributed by atoms with Crippen LogP contribution in [0.4, 0.5) is 5.95 Å². The lowest BCUT2D eigenvalue weighted by Crippen LogP contribution is -2.45. The number of amides is 1. The third-order valence-electron chi connectivity index (χ3n) is 6.79. The molecule has 1 aromatic heterocycles. The van der Waals surface area contributed by atoms with Crippen molar-refractivity contribution in [2.24, 2.45) is 5.41 Å². The smallest absolute Gasteiger partial charge is 0.229 e. The molecule has 3 heterocycles. The highest BCUT2D eigenvalue weighted by atomic mass is 16.2. The minimum Gasteiger partial charge on any atom is -0.341 e. The number of aromatic nitrogens is 2. The van der Waals surface area contributed by atoms with E-state index in [1.807, 2.05) is 19.9 Å². The average Bonchev–Trinajstić information content (AvgIpc) is 3.28. The summed E-state index contributed by atoms with van der Waals surface area (Å²) in [6.07, 6.45) is 8.19. The number of nitrogens with zero attached hydrogens (tertiary/aromatic N) is 4. The van der Waals surface area contributed by atoms with Crippen molar-refractivity contribution < 1.29 is 4.79 Å². The van der Waals surface area contributed by atoms with Gasteiger partial charge in [-0.3, -0.25) is 4.79 Å². The standard InChI is InChI=1S/C24H28N4O/c1-17-14-18(2)26-23(25-17)27-11-8-24(9-12-27)10-13-28(22(24)29)16-19-6-7-20-4-3-5-21(20)15-19/h3,5-7,14-15H,4,8-13,16H2,1-2H3. The third kappa shape index (κ3) is 3.33. The molecule has 2 saturated heterocycles. The molecule has 0 unspecified atom stereocenters. The van der Waals surface area contributed by atoms with Crippen molar-refractivity contribution in [3.05, 3.63) is 58.4 Å². The van der Waals surface area contributed by atoms with Crippen LogP contribution in [0.2, 0.25) is 0 Å². The number of allylic oxidation sites excluding steroid dienone is 1. The van der Waals surface area contributed by atoms with Gasteiger partial charge in [-0.15, -0.1) is 0 Å². The number of hydrogen-bond donors (Lipinski definition) is 0. The number of aryl methyl sites for hydroxylation is 2. The molecule has 1 aromatic carbocycles. The van der Waals surface area contributed by atoms with Gasteiger partial charge in [0.2, 0.25) is 11.9 Å². The number of anilines is 1. The Kier molecular flexibility index (Phi) is 4.41. The zero-order chi connectivity index (χ0) is 20.0. The summed E-state index contributed by atoms with van der Waals surface area (Å²) in [6.45, 7) is 7.32. The van der Waals surface area contributed by atoms with Crippen LogP contribution in [-0.2, 0) is 17.8 Å². The first-order valence-electron chi connectivity index (χ1n) is 10.7. The van der Waals surface area contributed by atoms with Crippen molar-refractivity contribution in [3.63, 3.8) is 0 Å². The summed E-state index contributed by atoms with van der Waals surface area (Å²) < 4.78 is 0. The molecule has 5 heteroatoms. The lowest BCUT2D eigenvalue weighted by atomic mass is 9.77. The predicted octanol–water partition coefficient (Wildman–Crippen LogP) is 3.68.